The van der Waals surface area contributed by atoms with Crippen molar-refractivity contribution in [3.8, 4) is 0 Å². The molecular weight excluding hydrogens is 368 g/mol. The van der Waals surface area contributed by atoms with E-state index in [0.29, 0.717) is 12.8 Å². The molecule has 0 saturated carbocycles. The van der Waals surface area contributed by atoms with Crippen LogP contribution in [0, 0.1) is 11.8 Å². The summed E-state index contributed by atoms with van der Waals surface area (Å²) >= 11 is 0. The number of nitrogens with one attached hydrogen (secondary N) is 3. The second-order valence-electron chi connectivity index (χ2n) is 7.45. The average Bonchev–Trinajstić information content (AvgIpc) is 2.59. The van der Waals surface area contributed by atoms with Crippen molar-refractivity contribution in [3.05, 3.63) is 0 Å². The van der Waals surface area contributed by atoms with Crippen molar-refractivity contribution in [2.24, 2.45) is 17.6 Å². The summed E-state index contributed by atoms with van der Waals surface area (Å²) in [7, 11) is 0. The van der Waals surface area contributed by atoms with Crippen LogP contribution in [0.3, 0.4) is 0 Å². The molecule has 5 unspecified atom stereocenters. The highest BCUT2D eigenvalue weighted by Crippen LogP contribution is 2.10. The lowest BCUT2D eigenvalue weighted by Gasteiger charge is -2.28. The van der Waals surface area contributed by atoms with E-state index in [1.54, 1.807) is 6.92 Å². The maximum Gasteiger partial charge on any atom is 0.322 e. The molecule has 0 saturated heterocycles. The molecule has 0 spiro atoms. The first-order chi connectivity index (χ1) is 12.9. The van der Waals surface area contributed by atoms with Gasteiger partial charge in [-0.05, 0) is 25.2 Å². The molecule has 0 radical (unpaired) electrons. The Hall–Kier alpha value is -2.20. The van der Waals surface area contributed by atoms with E-state index >= 15 is 0 Å². The van der Waals surface area contributed by atoms with E-state index in [4.69, 9.17) is 10.8 Å². The topological polar surface area (TPSA) is 171 Å². The third-order valence-electron chi connectivity index (χ3n) is 4.33. The van der Waals surface area contributed by atoms with Crippen LogP contribution < -0.4 is 21.7 Å². The third kappa shape index (κ3) is 9.14. The molecule has 5 atom stereocenters. The quantitative estimate of drug-likeness (QED) is 0.242. The number of aliphatic carboxylic acids is 1. The Morgan fingerprint density at radius 2 is 1.46 bits per heavy atom. The van der Waals surface area contributed by atoms with Crippen molar-refractivity contribution in [2.45, 2.75) is 71.7 Å². The van der Waals surface area contributed by atoms with Crippen LogP contribution in [-0.2, 0) is 19.2 Å². The zero-order chi connectivity index (χ0) is 22.0. The number of amides is 3. The number of carbonyl (C=O) groups excluding carboxylic acids is 3. The first kappa shape index (κ1) is 25.8. The highest BCUT2D eigenvalue weighted by atomic mass is 16.4. The number of nitrogens with two attached hydrogens (primary N) is 1. The molecule has 0 aromatic heterocycles. The lowest BCUT2D eigenvalue weighted by atomic mass is 9.96. The van der Waals surface area contributed by atoms with Crippen LogP contribution in [0.25, 0.3) is 0 Å². The van der Waals surface area contributed by atoms with Gasteiger partial charge in [0.05, 0.1) is 12.1 Å². The molecule has 0 heterocycles. The summed E-state index contributed by atoms with van der Waals surface area (Å²) in [5.41, 5.74) is 5.87. The highest BCUT2D eigenvalue weighted by Gasteiger charge is 2.33. The van der Waals surface area contributed by atoms with Gasteiger partial charge in [0.25, 0.3) is 0 Å². The fourth-order valence-electron chi connectivity index (χ4n) is 2.50. The van der Waals surface area contributed by atoms with Crippen molar-refractivity contribution < 1.29 is 29.4 Å². The normalized spacial score (nSPS) is 16.4. The van der Waals surface area contributed by atoms with Crippen molar-refractivity contribution >= 4 is 23.7 Å². The van der Waals surface area contributed by atoms with Crippen LogP contribution >= 0.6 is 0 Å². The van der Waals surface area contributed by atoms with Gasteiger partial charge < -0.3 is 31.9 Å². The van der Waals surface area contributed by atoms with Crippen LogP contribution in [0.4, 0.5) is 0 Å². The molecule has 0 fully saturated rings. The first-order valence-electron chi connectivity index (χ1n) is 9.44. The Balaban J connectivity index is 5.23. The van der Waals surface area contributed by atoms with Crippen molar-refractivity contribution in [3.63, 3.8) is 0 Å². The molecule has 0 aliphatic rings. The number of carboxylic acid groups (broad SMARTS) is 1. The van der Waals surface area contributed by atoms with Gasteiger partial charge in [0.2, 0.25) is 17.7 Å². The summed E-state index contributed by atoms with van der Waals surface area (Å²) in [4.78, 5) is 47.7. The van der Waals surface area contributed by atoms with Gasteiger partial charge in [-0.2, -0.15) is 0 Å². The molecule has 7 N–H and O–H groups in total. The minimum atomic E-state index is -1.36. The maximum atomic E-state index is 12.7. The average molecular weight is 402 g/mol. The molecule has 10 nitrogen and oxygen atoms in total. The van der Waals surface area contributed by atoms with Gasteiger partial charge in [-0.1, -0.05) is 34.1 Å². The summed E-state index contributed by atoms with van der Waals surface area (Å²) in [5, 5.41) is 25.6. The predicted molar refractivity (Wildman–Crippen MR) is 103 cm³/mol. The van der Waals surface area contributed by atoms with E-state index in [2.05, 4.69) is 16.0 Å². The molecule has 10 heteroatoms. The van der Waals surface area contributed by atoms with Gasteiger partial charge in [-0.15, -0.1) is 0 Å². The smallest absolute Gasteiger partial charge is 0.322 e. The summed E-state index contributed by atoms with van der Waals surface area (Å²) in [6.07, 6.45) is -0.245. The SMILES string of the molecule is CCC(C)C(NC(=O)C(N)CC(C)C)C(=O)NC(C(=O)NCC(=O)O)C(C)O. The van der Waals surface area contributed by atoms with Crippen LogP contribution in [0.1, 0.15) is 47.5 Å². The molecule has 3 amide bonds. The molecule has 0 aromatic carbocycles. The van der Waals surface area contributed by atoms with E-state index in [1.165, 1.54) is 6.92 Å². The fraction of sp³-hybridized carbons (Fsp3) is 0.778. The second-order valence-corrected chi connectivity index (χ2v) is 7.45. The number of aliphatic hydroxyl groups excluding tert-OH is 1. The van der Waals surface area contributed by atoms with Crippen LogP contribution in [0.15, 0.2) is 0 Å². The summed E-state index contributed by atoms with van der Waals surface area (Å²) in [6, 6.07) is -3.09. The van der Waals surface area contributed by atoms with E-state index in [0.717, 1.165) is 0 Å². The highest BCUT2D eigenvalue weighted by molar-refractivity contribution is 5.94. The Morgan fingerprint density at radius 1 is 0.929 bits per heavy atom. The van der Waals surface area contributed by atoms with Gasteiger partial charge >= 0.3 is 5.97 Å². The minimum absolute atomic E-state index is 0.203. The molecule has 162 valence electrons. The van der Waals surface area contributed by atoms with Crippen molar-refractivity contribution in [1.82, 2.24) is 16.0 Å². The number of aliphatic hydroxyl groups is 1. The zero-order valence-corrected chi connectivity index (χ0v) is 17.2. The Morgan fingerprint density at radius 3 is 1.89 bits per heavy atom. The summed E-state index contributed by atoms with van der Waals surface area (Å²) in [5.74, 6) is -3.28. The Kier molecular flexibility index (Phi) is 11.3. The monoisotopic (exact) mass is 402 g/mol. The van der Waals surface area contributed by atoms with Gasteiger partial charge in [0.15, 0.2) is 0 Å². The number of hydrogen-bond donors (Lipinski definition) is 6. The third-order valence-corrected chi connectivity index (χ3v) is 4.33. The largest absolute Gasteiger partial charge is 0.480 e. The van der Waals surface area contributed by atoms with Crippen molar-refractivity contribution in [1.29, 1.82) is 0 Å². The minimum Gasteiger partial charge on any atom is -0.480 e. The summed E-state index contributed by atoms with van der Waals surface area (Å²) in [6.45, 7) is 8.11. The predicted octanol–water partition coefficient (Wildman–Crippen LogP) is -1.04. The summed E-state index contributed by atoms with van der Waals surface area (Å²) < 4.78 is 0. The number of carbonyl (C=O) groups is 4. The molecule has 28 heavy (non-hydrogen) atoms. The van der Waals surface area contributed by atoms with Gasteiger partial charge in [-0.25, -0.2) is 0 Å². The lowest BCUT2D eigenvalue weighted by molar-refractivity contribution is -0.139. The van der Waals surface area contributed by atoms with E-state index in [-0.39, 0.29) is 11.8 Å². The molecule has 0 rings (SSSR count). The molecular formula is C18H34N4O6. The first-order valence-corrected chi connectivity index (χ1v) is 9.44. The molecule has 0 aromatic rings. The van der Waals surface area contributed by atoms with E-state index in [1.807, 2.05) is 20.8 Å². The number of rotatable bonds is 12. The second kappa shape index (κ2) is 12.3. The molecule has 0 aliphatic carbocycles. The van der Waals surface area contributed by atoms with Gasteiger partial charge in [0, 0.05) is 0 Å². The fourth-order valence-corrected chi connectivity index (χ4v) is 2.50. The Labute approximate surface area is 165 Å². The van der Waals surface area contributed by atoms with E-state index in [9.17, 15) is 24.3 Å². The van der Waals surface area contributed by atoms with Gasteiger partial charge in [0.1, 0.15) is 18.6 Å². The molecule has 0 aliphatic heterocycles. The van der Waals surface area contributed by atoms with Crippen LogP contribution in [0.5, 0.6) is 0 Å². The van der Waals surface area contributed by atoms with Crippen LogP contribution in [-0.4, -0.2) is 64.7 Å². The lowest BCUT2D eigenvalue weighted by Crippen LogP contribution is -2.60. The Bertz CT molecular complexity index is 552. The van der Waals surface area contributed by atoms with Crippen molar-refractivity contribution in [2.75, 3.05) is 6.54 Å². The zero-order valence-electron chi connectivity index (χ0n) is 17.2. The maximum absolute atomic E-state index is 12.7. The number of hydrogen-bond acceptors (Lipinski definition) is 6. The van der Waals surface area contributed by atoms with Crippen LogP contribution in [0.2, 0.25) is 0 Å². The molecule has 0 bridgehead atoms. The standard InChI is InChI=1S/C18H34N4O6/c1-6-10(4)14(21-16(26)12(19)7-9(2)3)18(28)22-15(11(5)23)17(27)20-8-13(24)25/h9-12,14-15,23H,6-8,19H2,1-5H3,(H,20,27)(H,21,26)(H,22,28)(H,24,25). The van der Waals surface area contributed by atoms with Gasteiger partial charge in [-0.3, -0.25) is 19.2 Å². The number of carboxylic acids is 1. The van der Waals surface area contributed by atoms with E-state index < -0.39 is 54.5 Å².